The summed E-state index contributed by atoms with van der Waals surface area (Å²) < 4.78 is 0. The van der Waals surface area contributed by atoms with Crippen LogP contribution in [0.3, 0.4) is 0 Å². The van der Waals surface area contributed by atoms with Gasteiger partial charge in [0, 0.05) is 13.1 Å². The highest BCUT2D eigenvalue weighted by molar-refractivity contribution is 5.87. The first-order chi connectivity index (χ1) is 3.93. The van der Waals surface area contributed by atoms with Crippen LogP contribution in [0.4, 0.5) is 0 Å². The maximum Gasteiger partial charge on any atom is 0.124 e. The third kappa shape index (κ3) is 1.23. The van der Waals surface area contributed by atoms with Gasteiger partial charge in [-0.3, -0.25) is 4.99 Å². The summed E-state index contributed by atoms with van der Waals surface area (Å²) in [5.74, 6) is 0. The summed E-state index contributed by atoms with van der Waals surface area (Å²) in [6, 6.07) is 0. The van der Waals surface area contributed by atoms with Crippen LogP contribution in [0.5, 0.6) is 0 Å². The molecule has 0 amide bonds. The lowest BCUT2D eigenvalue weighted by Gasteiger charge is -2.08. The SMILES string of the molecule is [CH2+]CC1=NCCNC1. The van der Waals surface area contributed by atoms with Gasteiger partial charge in [-0.15, -0.1) is 0 Å². The van der Waals surface area contributed by atoms with Crippen LogP contribution in [0.25, 0.3) is 0 Å². The van der Waals surface area contributed by atoms with Crippen LogP contribution < -0.4 is 5.32 Å². The minimum absolute atomic E-state index is 0.854. The summed E-state index contributed by atoms with van der Waals surface area (Å²) in [5, 5.41) is 3.21. The minimum Gasteiger partial charge on any atom is -0.309 e. The van der Waals surface area contributed by atoms with E-state index in [1.165, 1.54) is 5.71 Å². The zero-order valence-corrected chi connectivity index (χ0v) is 4.98. The molecule has 1 N–H and O–H groups in total. The van der Waals surface area contributed by atoms with E-state index in [0.29, 0.717) is 0 Å². The maximum absolute atomic E-state index is 4.24. The molecule has 8 heavy (non-hydrogen) atoms. The smallest absolute Gasteiger partial charge is 0.124 e. The summed E-state index contributed by atoms with van der Waals surface area (Å²) in [7, 11) is 0. The number of hydrogen-bond donors (Lipinski definition) is 1. The van der Waals surface area contributed by atoms with E-state index in [1.807, 2.05) is 0 Å². The van der Waals surface area contributed by atoms with Crippen LogP contribution in [0.1, 0.15) is 6.42 Å². The predicted octanol–water partition coefficient (Wildman–Crippen LogP) is 0.255. The van der Waals surface area contributed by atoms with E-state index < -0.39 is 0 Å². The molecule has 0 aromatic rings. The Balaban J connectivity index is 2.37. The second kappa shape index (κ2) is 2.72. The van der Waals surface area contributed by atoms with E-state index in [1.54, 1.807) is 0 Å². The van der Waals surface area contributed by atoms with Gasteiger partial charge in [0.15, 0.2) is 0 Å². The van der Waals surface area contributed by atoms with Crippen molar-refractivity contribution >= 4 is 5.71 Å². The van der Waals surface area contributed by atoms with Crippen molar-refractivity contribution in [2.75, 3.05) is 19.6 Å². The van der Waals surface area contributed by atoms with Gasteiger partial charge in [-0.05, 0) is 0 Å². The molecule has 0 aromatic heterocycles. The Morgan fingerprint density at radius 3 is 3.00 bits per heavy atom. The topological polar surface area (TPSA) is 24.4 Å². The second-order valence-corrected chi connectivity index (χ2v) is 1.87. The van der Waals surface area contributed by atoms with Crippen molar-refractivity contribution in [2.24, 2.45) is 4.99 Å². The normalized spacial score (nSPS) is 20.2. The van der Waals surface area contributed by atoms with Gasteiger partial charge < -0.3 is 5.32 Å². The Morgan fingerprint density at radius 1 is 1.75 bits per heavy atom. The highest BCUT2D eigenvalue weighted by Gasteiger charge is 2.02. The van der Waals surface area contributed by atoms with Crippen molar-refractivity contribution in [3.8, 4) is 0 Å². The van der Waals surface area contributed by atoms with Crippen molar-refractivity contribution in [3.05, 3.63) is 6.92 Å². The van der Waals surface area contributed by atoms with Crippen molar-refractivity contribution in [1.29, 1.82) is 0 Å². The van der Waals surface area contributed by atoms with Crippen molar-refractivity contribution in [2.45, 2.75) is 6.42 Å². The van der Waals surface area contributed by atoms with E-state index in [2.05, 4.69) is 17.2 Å². The molecule has 0 saturated heterocycles. The Hall–Kier alpha value is -0.500. The molecule has 0 saturated carbocycles. The lowest BCUT2D eigenvalue weighted by atomic mass is 10.2. The fraction of sp³-hybridized carbons (Fsp3) is 0.667. The summed E-state index contributed by atoms with van der Waals surface area (Å²) in [6.45, 7) is 6.65. The Bertz CT molecular complexity index is 96.7. The largest absolute Gasteiger partial charge is 0.309 e. The molecule has 0 unspecified atom stereocenters. The maximum atomic E-state index is 4.24. The molecule has 0 aliphatic carbocycles. The van der Waals surface area contributed by atoms with Crippen molar-refractivity contribution in [1.82, 2.24) is 5.32 Å². The molecule has 1 aliphatic rings. The zero-order valence-electron chi connectivity index (χ0n) is 4.98. The molecule has 1 rings (SSSR count). The van der Waals surface area contributed by atoms with Gasteiger partial charge in [0.1, 0.15) is 6.42 Å². The quantitative estimate of drug-likeness (QED) is 0.482. The third-order valence-electron chi connectivity index (χ3n) is 1.24. The molecular formula is C6H11N2+. The molecule has 0 atom stereocenters. The molecule has 44 valence electrons. The summed E-state index contributed by atoms with van der Waals surface area (Å²) >= 11 is 0. The second-order valence-electron chi connectivity index (χ2n) is 1.87. The molecule has 1 heterocycles. The van der Waals surface area contributed by atoms with Gasteiger partial charge >= 0.3 is 0 Å². The standard InChI is InChI=1S/C6H11N2/c1-2-6-5-7-3-4-8-6/h7H,1-5H2/q+1. The number of hydrogen-bond acceptors (Lipinski definition) is 2. The van der Waals surface area contributed by atoms with Crippen LogP contribution in [0.15, 0.2) is 4.99 Å². The van der Waals surface area contributed by atoms with Gasteiger partial charge in [0.2, 0.25) is 0 Å². The first-order valence-electron chi connectivity index (χ1n) is 2.95. The van der Waals surface area contributed by atoms with Crippen LogP contribution in [0, 0.1) is 6.92 Å². The molecule has 0 bridgehead atoms. The highest BCUT2D eigenvalue weighted by Crippen LogP contribution is 1.88. The van der Waals surface area contributed by atoms with E-state index >= 15 is 0 Å². The lowest BCUT2D eigenvalue weighted by molar-refractivity contribution is 0.730. The van der Waals surface area contributed by atoms with Gasteiger partial charge in [-0.2, -0.15) is 0 Å². The molecule has 0 radical (unpaired) electrons. The zero-order chi connectivity index (χ0) is 5.82. The Kier molecular flexibility index (Phi) is 1.92. The van der Waals surface area contributed by atoms with Gasteiger partial charge in [-0.1, -0.05) is 0 Å². The molecule has 2 nitrogen and oxygen atoms in total. The summed E-state index contributed by atoms with van der Waals surface area (Å²) in [6.07, 6.45) is 0.854. The molecule has 0 spiro atoms. The number of nitrogens with zero attached hydrogens (tertiary/aromatic N) is 1. The monoisotopic (exact) mass is 111 g/mol. The number of rotatable bonds is 1. The molecule has 1 aliphatic heterocycles. The van der Waals surface area contributed by atoms with Crippen LogP contribution in [0.2, 0.25) is 0 Å². The fourth-order valence-electron chi connectivity index (χ4n) is 0.749. The first-order valence-corrected chi connectivity index (χ1v) is 2.95. The highest BCUT2D eigenvalue weighted by atomic mass is 15.0. The third-order valence-corrected chi connectivity index (χ3v) is 1.24. The van der Waals surface area contributed by atoms with E-state index in [-0.39, 0.29) is 0 Å². The van der Waals surface area contributed by atoms with Crippen LogP contribution in [-0.4, -0.2) is 25.3 Å². The number of aliphatic imine (C=N–C) groups is 1. The molecule has 2 heteroatoms. The predicted molar refractivity (Wildman–Crippen MR) is 35.1 cm³/mol. The van der Waals surface area contributed by atoms with E-state index in [0.717, 1.165) is 26.1 Å². The molecule has 0 fully saturated rings. The Labute approximate surface area is 50.0 Å². The van der Waals surface area contributed by atoms with Crippen molar-refractivity contribution < 1.29 is 0 Å². The van der Waals surface area contributed by atoms with E-state index in [9.17, 15) is 0 Å². The van der Waals surface area contributed by atoms with Crippen LogP contribution >= 0.6 is 0 Å². The average Bonchev–Trinajstić information content (AvgIpc) is 1.90. The number of nitrogens with one attached hydrogen (secondary N) is 1. The van der Waals surface area contributed by atoms with Gasteiger partial charge in [0.25, 0.3) is 0 Å². The fourth-order valence-corrected chi connectivity index (χ4v) is 0.749. The lowest BCUT2D eigenvalue weighted by Crippen LogP contribution is -2.30. The van der Waals surface area contributed by atoms with E-state index in [4.69, 9.17) is 0 Å². The van der Waals surface area contributed by atoms with Gasteiger partial charge in [-0.25, -0.2) is 0 Å². The minimum atomic E-state index is 0.854. The van der Waals surface area contributed by atoms with Crippen molar-refractivity contribution in [3.63, 3.8) is 0 Å². The average molecular weight is 111 g/mol. The van der Waals surface area contributed by atoms with Gasteiger partial charge in [0.05, 0.1) is 19.2 Å². The summed E-state index contributed by atoms with van der Waals surface area (Å²) in [4.78, 5) is 4.24. The first kappa shape index (κ1) is 5.63. The molecule has 0 aromatic carbocycles. The van der Waals surface area contributed by atoms with Crippen LogP contribution in [-0.2, 0) is 0 Å². The summed E-state index contributed by atoms with van der Waals surface area (Å²) in [5.41, 5.74) is 1.20. The Morgan fingerprint density at radius 2 is 2.62 bits per heavy atom. The molecular weight excluding hydrogens is 100 g/mol.